The summed E-state index contributed by atoms with van der Waals surface area (Å²) in [6.07, 6.45) is 1.71. The molecular weight excluding hydrogens is 319 g/mol. The van der Waals surface area contributed by atoms with E-state index in [4.69, 9.17) is 16.3 Å². The van der Waals surface area contributed by atoms with E-state index in [2.05, 4.69) is 4.98 Å². The number of hydrogen-bond acceptors (Lipinski definition) is 3. The van der Waals surface area contributed by atoms with E-state index in [0.29, 0.717) is 19.8 Å². The fourth-order valence-electron chi connectivity index (χ4n) is 2.78. The van der Waals surface area contributed by atoms with Crippen LogP contribution in [-0.4, -0.2) is 33.5 Å². The molecule has 1 aliphatic rings. The lowest BCUT2D eigenvalue weighted by Crippen LogP contribution is -2.52. The minimum Gasteiger partial charge on any atom is -0.383 e. The summed E-state index contributed by atoms with van der Waals surface area (Å²) < 4.78 is 20.3. The SMILES string of the molecule is OC1(Cn2cnc3ccc(-c4ccc(F)c(Cl)c4)cc32)COC1. The predicted molar refractivity (Wildman–Crippen MR) is 85.9 cm³/mol. The minimum absolute atomic E-state index is 0.0945. The Hall–Kier alpha value is -1.95. The van der Waals surface area contributed by atoms with Crippen molar-refractivity contribution in [1.29, 1.82) is 0 Å². The van der Waals surface area contributed by atoms with Crippen molar-refractivity contribution in [2.45, 2.75) is 12.1 Å². The number of hydrogen-bond donors (Lipinski definition) is 1. The Balaban J connectivity index is 1.75. The van der Waals surface area contributed by atoms with Crippen molar-refractivity contribution in [3.8, 4) is 11.1 Å². The Morgan fingerprint density at radius 3 is 2.65 bits per heavy atom. The first-order valence-electron chi connectivity index (χ1n) is 7.25. The van der Waals surface area contributed by atoms with E-state index in [1.165, 1.54) is 6.07 Å². The molecule has 4 rings (SSSR count). The van der Waals surface area contributed by atoms with Gasteiger partial charge in [0.2, 0.25) is 0 Å². The lowest BCUT2D eigenvalue weighted by molar-refractivity contribution is -0.184. The molecule has 23 heavy (non-hydrogen) atoms. The largest absolute Gasteiger partial charge is 0.383 e. The van der Waals surface area contributed by atoms with E-state index in [9.17, 15) is 9.50 Å². The van der Waals surface area contributed by atoms with Crippen LogP contribution < -0.4 is 0 Å². The van der Waals surface area contributed by atoms with Crippen LogP contribution in [0.25, 0.3) is 22.2 Å². The molecule has 1 aromatic heterocycles. The van der Waals surface area contributed by atoms with Crippen LogP contribution in [0.1, 0.15) is 0 Å². The van der Waals surface area contributed by atoms with Crippen LogP contribution in [0.3, 0.4) is 0 Å². The highest BCUT2D eigenvalue weighted by Crippen LogP contribution is 2.28. The van der Waals surface area contributed by atoms with Gasteiger partial charge >= 0.3 is 0 Å². The maximum atomic E-state index is 13.3. The molecule has 6 heteroatoms. The first-order chi connectivity index (χ1) is 11.0. The summed E-state index contributed by atoms with van der Waals surface area (Å²) in [5, 5.41) is 10.4. The summed E-state index contributed by atoms with van der Waals surface area (Å²) in [5.41, 5.74) is 2.66. The highest BCUT2D eigenvalue weighted by molar-refractivity contribution is 6.31. The fourth-order valence-corrected chi connectivity index (χ4v) is 2.96. The average molecular weight is 333 g/mol. The molecule has 1 aliphatic heterocycles. The molecule has 1 N–H and O–H groups in total. The van der Waals surface area contributed by atoms with Crippen molar-refractivity contribution in [1.82, 2.24) is 9.55 Å². The molecule has 0 aliphatic carbocycles. The van der Waals surface area contributed by atoms with Crippen LogP contribution in [0.4, 0.5) is 4.39 Å². The summed E-state index contributed by atoms with van der Waals surface area (Å²) in [4.78, 5) is 4.35. The molecule has 0 spiro atoms. The van der Waals surface area contributed by atoms with Gasteiger partial charge in [-0.25, -0.2) is 9.37 Å². The highest BCUT2D eigenvalue weighted by Gasteiger charge is 2.36. The lowest BCUT2D eigenvalue weighted by Gasteiger charge is -2.36. The van der Waals surface area contributed by atoms with E-state index in [1.807, 2.05) is 22.8 Å². The Morgan fingerprint density at radius 1 is 1.22 bits per heavy atom. The Labute approximate surface area is 137 Å². The van der Waals surface area contributed by atoms with Crippen LogP contribution in [0.2, 0.25) is 5.02 Å². The Kier molecular flexibility index (Phi) is 3.37. The molecule has 0 atom stereocenters. The molecule has 118 valence electrons. The smallest absolute Gasteiger partial charge is 0.141 e. The summed E-state index contributed by atoms with van der Waals surface area (Å²) in [7, 11) is 0. The summed E-state index contributed by atoms with van der Waals surface area (Å²) >= 11 is 5.87. The Morgan fingerprint density at radius 2 is 1.96 bits per heavy atom. The van der Waals surface area contributed by atoms with E-state index in [-0.39, 0.29) is 5.02 Å². The molecule has 2 heterocycles. The number of rotatable bonds is 3. The molecule has 2 aromatic carbocycles. The van der Waals surface area contributed by atoms with Gasteiger partial charge in [0.1, 0.15) is 11.4 Å². The van der Waals surface area contributed by atoms with Crippen molar-refractivity contribution in [2.75, 3.05) is 13.2 Å². The molecule has 0 bridgehead atoms. The van der Waals surface area contributed by atoms with Crippen molar-refractivity contribution < 1.29 is 14.2 Å². The van der Waals surface area contributed by atoms with Crippen LogP contribution in [-0.2, 0) is 11.3 Å². The maximum Gasteiger partial charge on any atom is 0.141 e. The van der Waals surface area contributed by atoms with Gasteiger partial charge < -0.3 is 14.4 Å². The van der Waals surface area contributed by atoms with E-state index < -0.39 is 11.4 Å². The lowest BCUT2D eigenvalue weighted by atomic mass is 10.0. The van der Waals surface area contributed by atoms with Gasteiger partial charge in [0, 0.05) is 0 Å². The summed E-state index contributed by atoms with van der Waals surface area (Å²) in [6, 6.07) is 10.4. The number of fused-ring (bicyclic) bond motifs is 1. The zero-order valence-electron chi connectivity index (χ0n) is 12.2. The molecule has 1 fully saturated rings. The summed E-state index contributed by atoms with van der Waals surface area (Å²) in [6.45, 7) is 1.09. The zero-order valence-corrected chi connectivity index (χ0v) is 12.9. The van der Waals surface area contributed by atoms with Crippen LogP contribution >= 0.6 is 11.6 Å². The third kappa shape index (κ3) is 2.61. The zero-order chi connectivity index (χ0) is 16.0. The van der Waals surface area contributed by atoms with Crippen LogP contribution in [0.15, 0.2) is 42.7 Å². The van der Waals surface area contributed by atoms with Gasteiger partial charge in [-0.2, -0.15) is 0 Å². The molecule has 0 unspecified atom stereocenters. The number of ether oxygens (including phenoxy) is 1. The number of aromatic nitrogens is 2. The Bertz CT molecular complexity index is 889. The highest BCUT2D eigenvalue weighted by atomic mass is 35.5. The molecule has 0 saturated carbocycles. The first-order valence-corrected chi connectivity index (χ1v) is 7.62. The van der Waals surface area contributed by atoms with Crippen molar-refractivity contribution in [2.24, 2.45) is 0 Å². The number of nitrogens with zero attached hydrogens (tertiary/aromatic N) is 2. The average Bonchev–Trinajstić information content (AvgIpc) is 2.91. The van der Waals surface area contributed by atoms with Crippen molar-refractivity contribution >= 4 is 22.6 Å². The van der Waals surface area contributed by atoms with Gasteiger partial charge in [0.15, 0.2) is 0 Å². The second-order valence-corrected chi connectivity index (χ2v) is 6.33. The van der Waals surface area contributed by atoms with Gasteiger partial charge in [0.25, 0.3) is 0 Å². The first kappa shape index (κ1) is 14.6. The molecule has 1 saturated heterocycles. The number of imidazole rings is 1. The topological polar surface area (TPSA) is 47.3 Å². The molecule has 0 radical (unpaired) electrons. The van der Waals surface area contributed by atoms with Crippen molar-refractivity contribution in [3.63, 3.8) is 0 Å². The van der Waals surface area contributed by atoms with Crippen LogP contribution in [0.5, 0.6) is 0 Å². The summed E-state index contributed by atoms with van der Waals surface area (Å²) in [5.74, 6) is -0.436. The predicted octanol–water partition coefficient (Wildman–Crippen LogP) is 3.26. The third-order valence-corrected chi connectivity index (χ3v) is 4.37. The maximum absolute atomic E-state index is 13.3. The molecule has 0 amide bonds. The monoisotopic (exact) mass is 332 g/mol. The van der Waals surface area contributed by atoms with Gasteiger partial charge in [-0.1, -0.05) is 23.7 Å². The standard InChI is InChI=1S/C17H14ClFN2O2/c18-13-5-11(1-3-14(13)19)12-2-4-15-16(6-12)21(10-20-15)7-17(22)8-23-9-17/h1-6,10,22H,7-9H2. The minimum atomic E-state index is -0.831. The molecule has 3 aromatic rings. The quantitative estimate of drug-likeness (QED) is 0.801. The van der Waals surface area contributed by atoms with E-state index >= 15 is 0 Å². The van der Waals surface area contributed by atoms with E-state index in [1.54, 1.807) is 18.5 Å². The molecule has 4 nitrogen and oxygen atoms in total. The second-order valence-electron chi connectivity index (χ2n) is 5.92. The van der Waals surface area contributed by atoms with E-state index in [0.717, 1.165) is 22.2 Å². The van der Waals surface area contributed by atoms with Crippen molar-refractivity contribution in [3.05, 3.63) is 53.6 Å². The van der Waals surface area contributed by atoms with Crippen LogP contribution in [0, 0.1) is 5.82 Å². The number of aliphatic hydroxyl groups is 1. The normalized spacial score (nSPS) is 16.5. The number of benzene rings is 2. The van der Waals surface area contributed by atoms with Gasteiger partial charge in [-0.15, -0.1) is 0 Å². The second kappa shape index (κ2) is 5.30. The number of halogens is 2. The van der Waals surface area contributed by atoms with Gasteiger partial charge in [-0.05, 0) is 35.4 Å². The fraction of sp³-hybridized carbons (Fsp3) is 0.235. The molecular formula is C17H14ClFN2O2. The van der Waals surface area contributed by atoms with Gasteiger partial charge in [0.05, 0.1) is 42.1 Å². The van der Waals surface area contributed by atoms with Gasteiger partial charge in [-0.3, -0.25) is 0 Å². The third-order valence-electron chi connectivity index (χ3n) is 4.08.